The van der Waals surface area contributed by atoms with Crippen LogP contribution in [0.3, 0.4) is 0 Å². The van der Waals surface area contributed by atoms with Crippen molar-refractivity contribution in [2.24, 2.45) is 29.6 Å². The summed E-state index contributed by atoms with van der Waals surface area (Å²) in [7, 11) is 0. The van der Waals surface area contributed by atoms with E-state index in [1.165, 1.54) is 38.5 Å². The zero-order chi connectivity index (χ0) is 12.5. The van der Waals surface area contributed by atoms with Crippen LogP contribution in [0.2, 0.25) is 0 Å². The van der Waals surface area contributed by atoms with Gasteiger partial charge in [0.15, 0.2) is 0 Å². The van der Waals surface area contributed by atoms with Gasteiger partial charge in [0.1, 0.15) is 0 Å². The molecule has 0 aromatic carbocycles. The highest BCUT2D eigenvalue weighted by Gasteiger charge is 2.47. The van der Waals surface area contributed by atoms with Crippen molar-refractivity contribution in [3.63, 3.8) is 0 Å². The van der Waals surface area contributed by atoms with Crippen molar-refractivity contribution in [3.05, 3.63) is 0 Å². The Hall–Kier alpha value is -0.530. The minimum absolute atomic E-state index is 0.00122. The van der Waals surface area contributed by atoms with Crippen LogP contribution in [-0.4, -0.2) is 12.6 Å². The Balaban J connectivity index is 1.47. The first-order valence-corrected chi connectivity index (χ1v) is 7.91. The molecular weight excluding hydrogens is 224 g/mol. The van der Waals surface area contributed by atoms with Gasteiger partial charge in [-0.05, 0) is 81.5 Å². The van der Waals surface area contributed by atoms with Crippen LogP contribution in [0.25, 0.3) is 0 Å². The van der Waals surface area contributed by atoms with Crippen molar-refractivity contribution in [2.45, 2.75) is 58.3 Å². The fourth-order valence-corrected chi connectivity index (χ4v) is 5.22. The predicted octanol–water partition coefficient (Wildman–Crippen LogP) is 3.79. The average molecular weight is 250 g/mol. The Kier molecular flexibility index (Phi) is 3.63. The summed E-state index contributed by atoms with van der Waals surface area (Å²) in [5, 5.41) is 0. The minimum Gasteiger partial charge on any atom is -0.466 e. The second-order valence-corrected chi connectivity index (χ2v) is 6.79. The molecule has 18 heavy (non-hydrogen) atoms. The first-order valence-electron chi connectivity index (χ1n) is 7.91. The molecule has 4 aliphatic carbocycles. The molecule has 4 aliphatic rings. The standard InChI is InChI=1S/C16H26O2/c1-2-18-16(17)5-3-4-15-13-7-11-6-12(9-13)10-14(15)8-11/h11-15H,2-10H2,1H3. The molecule has 0 heterocycles. The number of carbonyl (C=O) groups excluding carboxylic acids is 1. The maximum Gasteiger partial charge on any atom is 0.305 e. The first-order chi connectivity index (χ1) is 8.76. The molecule has 4 fully saturated rings. The fraction of sp³-hybridized carbons (Fsp3) is 0.938. The third-order valence-electron chi connectivity index (χ3n) is 5.65. The van der Waals surface area contributed by atoms with Gasteiger partial charge in [0.2, 0.25) is 0 Å². The number of esters is 1. The summed E-state index contributed by atoms with van der Waals surface area (Å²) >= 11 is 0. The molecule has 4 rings (SSSR count). The lowest BCUT2D eigenvalue weighted by atomic mass is 9.51. The summed E-state index contributed by atoms with van der Waals surface area (Å²) in [6, 6.07) is 0. The van der Waals surface area contributed by atoms with Gasteiger partial charge in [-0.2, -0.15) is 0 Å². The molecule has 4 bridgehead atoms. The van der Waals surface area contributed by atoms with Gasteiger partial charge >= 0.3 is 5.97 Å². The molecule has 102 valence electrons. The largest absolute Gasteiger partial charge is 0.466 e. The van der Waals surface area contributed by atoms with Gasteiger partial charge in [-0.1, -0.05) is 0 Å². The van der Waals surface area contributed by atoms with E-state index in [-0.39, 0.29) is 5.97 Å². The van der Waals surface area contributed by atoms with Gasteiger partial charge in [0.05, 0.1) is 6.61 Å². The van der Waals surface area contributed by atoms with Crippen molar-refractivity contribution < 1.29 is 9.53 Å². The Morgan fingerprint density at radius 3 is 2.22 bits per heavy atom. The normalized spacial score (nSPS) is 41.1. The lowest BCUT2D eigenvalue weighted by molar-refractivity contribution is -0.143. The molecule has 0 N–H and O–H groups in total. The molecule has 2 heteroatoms. The highest BCUT2D eigenvalue weighted by atomic mass is 16.5. The molecule has 0 radical (unpaired) electrons. The fourth-order valence-electron chi connectivity index (χ4n) is 5.22. The van der Waals surface area contributed by atoms with Gasteiger partial charge in [-0.3, -0.25) is 4.79 Å². The van der Waals surface area contributed by atoms with Gasteiger partial charge < -0.3 is 4.74 Å². The van der Waals surface area contributed by atoms with Gasteiger partial charge in [-0.15, -0.1) is 0 Å². The molecule has 0 aromatic rings. The molecule has 2 nitrogen and oxygen atoms in total. The summed E-state index contributed by atoms with van der Waals surface area (Å²) in [5.41, 5.74) is 0. The maximum atomic E-state index is 11.4. The number of carbonyl (C=O) groups is 1. The van der Waals surface area contributed by atoms with Gasteiger partial charge in [0, 0.05) is 6.42 Å². The summed E-state index contributed by atoms with van der Waals surface area (Å²) in [5.74, 6) is 5.07. The highest BCUT2D eigenvalue weighted by molar-refractivity contribution is 5.69. The Bertz CT molecular complexity index is 282. The number of ether oxygens (including phenoxy) is 1. The van der Waals surface area contributed by atoms with Crippen LogP contribution in [0, 0.1) is 29.6 Å². The Labute approximate surface area is 110 Å². The molecule has 0 saturated heterocycles. The van der Waals surface area contributed by atoms with Crippen LogP contribution in [0.15, 0.2) is 0 Å². The molecule has 0 aliphatic heterocycles. The SMILES string of the molecule is CCOC(=O)CCCC1C2CC3CC(C2)CC1C3. The van der Waals surface area contributed by atoms with E-state index in [1.807, 2.05) is 6.92 Å². The zero-order valence-electron chi connectivity index (χ0n) is 11.6. The number of hydrogen-bond donors (Lipinski definition) is 0. The smallest absolute Gasteiger partial charge is 0.305 e. The number of rotatable bonds is 5. The van der Waals surface area contributed by atoms with Crippen molar-refractivity contribution in [2.75, 3.05) is 6.61 Å². The summed E-state index contributed by atoms with van der Waals surface area (Å²) < 4.78 is 5.01. The van der Waals surface area contributed by atoms with E-state index in [1.54, 1.807) is 0 Å². The molecule has 0 unspecified atom stereocenters. The third-order valence-corrected chi connectivity index (χ3v) is 5.65. The third kappa shape index (κ3) is 2.44. The Morgan fingerprint density at radius 2 is 1.67 bits per heavy atom. The number of hydrogen-bond acceptors (Lipinski definition) is 2. The maximum absolute atomic E-state index is 11.4. The second-order valence-electron chi connectivity index (χ2n) is 6.79. The minimum atomic E-state index is 0.00122. The van der Waals surface area contributed by atoms with Crippen LogP contribution in [0.4, 0.5) is 0 Å². The molecule has 4 saturated carbocycles. The van der Waals surface area contributed by atoms with Crippen LogP contribution in [-0.2, 0) is 9.53 Å². The van der Waals surface area contributed by atoms with Crippen molar-refractivity contribution in [3.8, 4) is 0 Å². The quantitative estimate of drug-likeness (QED) is 0.694. The monoisotopic (exact) mass is 250 g/mol. The molecule has 0 spiro atoms. The van der Waals surface area contributed by atoms with Crippen LogP contribution in [0.1, 0.15) is 58.3 Å². The van der Waals surface area contributed by atoms with E-state index in [0.29, 0.717) is 13.0 Å². The lowest BCUT2D eigenvalue weighted by Crippen LogP contribution is -2.45. The van der Waals surface area contributed by atoms with Crippen LogP contribution in [0.5, 0.6) is 0 Å². The second kappa shape index (κ2) is 5.22. The van der Waals surface area contributed by atoms with E-state index in [4.69, 9.17) is 4.74 Å². The summed E-state index contributed by atoms with van der Waals surface area (Å²) in [4.78, 5) is 11.4. The molecule has 0 atom stereocenters. The van der Waals surface area contributed by atoms with Crippen molar-refractivity contribution >= 4 is 5.97 Å². The molecular formula is C16H26O2. The summed E-state index contributed by atoms with van der Waals surface area (Å²) in [6.45, 7) is 2.41. The highest BCUT2D eigenvalue weighted by Crippen LogP contribution is 2.57. The van der Waals surface area contributed by atoms with E-state index in [0.717, 1.165) is 36.0 Å². The average Bonchev–Trinajstić information content (AvgIpc) is 2.32. The first kappa shape index (κ1) is 12.5. The van der Waals surface area contributed by atoms with Crippen molar-refractivity contribution in [1.29, 1.82) is 0 Å². The van der Waals surface area contributed by atoms with Gasteiger partial charge in [-0.25, -0.2) is 0 Å². The predicted molar refractivity (Wildman–Crippen MR) is 71.0 cm³/mol. The van der Waals surface area contributed by atoms with Crippen LogP contribution >= 0.6 is 0 Å². The van der Waals surface area contributed by atoms with E-state index in [9.17, 15) is 4.79 Å². The van der Waals surface area contributed by atoms with Crippen molar-refractivity contribution in [1.82, 2.24) is 0 Å². The molecule has 0 amide bonds. The summed E-state index contributed by atoms with van der Waals surface area (Å²) in [6.07, 6.45) is 10.5. The lowest BCUT2D eigenvalue weighted by Gasteiger charge is -2.54. The van der Waals surface area contributed by atoms with E-state index < -0.39 is 0 Å². The zero-order valence-corrected chi connectivity index (χ0v) is 11.6. The molecule has 0 aromatic heterocycles. The van der Waals surface area contributed by atoms with Crippen LogP contribution < -0.4 is 0 Å². The topological polar surface area (TPSA) is 26.3 Å². The van der Waals surface area contributed by atoms with E-state index >= 15 is 0 Å². The van der Waals surface area contributed by atoms with Gasteiger partial charge in [0.25, 0.3) is 0 Å². The Morgan fingerprint density at radius 1 is 1.06 bits per heavy atom. The van der Waals surface area contributed by atoms with E-state index in [2.05, 4.69) is 0 Å².